The lowest BCUT2D eigenvalue weighted by Gasteiger charge is -2.28. The minimum Gasteiger partial charge on any atom is -0.310 e. The molecule has 1 aromatic carbocycles. The highest BCUT2D eigenvalue weighted by Crippen LogP contribution is 2.26. The Hall–Kier alpha value is -0.890. The van der Waals surface area contributed by atoms with Crippen LogP contribution in [0, 0.1) is 18.7 Å². The van der Waals surface area contributed by atoms with Gasteiger partial charge in [0.1, 0.15) is 5.82 Å². The van der Waals surface area contributed by atoms with Crippen molar-refractivity contribution in [3.63, 3.8) is 0 Å². The largest absolute Gasteiger partial charge is 0.310 e. The van der Waals surface area contributed by atoms with Crippen molar-refractivity contribution in [2.45, 2.75) is 58.5 Å². The topological polar surface area (TPSA) is 12.0 Å². The smallest absolute Gasteiger partial charge is 0.123 e. The highest BCUT2D eigenvalue weighted by atomic mass is 19.1. The van der Waals surface area contributed by atoms with Crippen molar-refractivity contribution >= 4 is 0 Å². The van der Waals surface area contributed by atoms with Crippen LogP contribution in [0.3, 0.4) is 0 Å². The Morgan fingerprint density at radius 3 is 2.72 bits per heavy atom. The first-order chi connectivity index (χ1) is 8.66. The van der Waals surface area contributed by atoms with Gasteiger partial charge in [-0.3, -0.25) is 0 Å². The molecular formula is C16H24FN. The zero-order valence-corrected chi connectivity index (χ0v) is 11.5. The van der Waals surface area contributed by atoms with Gasteiger partial charge in [-0.2, -0.15) is 0 Å². The number of benzene rings is 1. The van der Waals surface area contributed by atoms with Gasteiger partial charge in [-0.05, 0) is 55.9 Å². The molecule has 1 fully saturated rings. The molecule has 1 aliphatic rings. The first-order valence-electron chi connectivity index (χ1n) is 7.15. The van der Waals surface area contributed by atoms with Gasteiger partial charge in [-0.25, -0.2) is 4.39 Å². The fraction of sp³-hybridized carbons (Fsp3) is 0.625. The zero-order valence-electron chi connectivity index (χ0n) is 11.5. The summed E-state index contributed by atoms with van der Waals surface area (Å²) in [5, 5.41) is 3.57. The molecule has 18 heavy (non-hydrogen) atoms. The van der Waals surface area contributed by atoms with Crippen LogP contribution in [0.15, 0.2) is 18.2 Å². The molecule has 1 nitrogen and oxygen atoms in total. The van der Waals surface area contributed by atoms with Crippen LogP contribution >= 0.6 is 0 Å². The van der Waals surface area contributed by atoms with Crippen LogP contribution in [0.4, 0.5) is 4.39 Å². The van der Waals surface area contributed by atoms with E-state index in [0.717, 1.165) is 18.0 Å². The fourth-order valence-corrected chi connectivity index (χ4v) is 2.90. The Balaban J connectivity index is 1.88. The van der Waals surface area contributed by atoms with Crippen LogP contribution in [0.5, 0.6) is 0 Å². The number of rotatable bonds is 4. The first-order valence-corrected chi connectivity index (χ1v) is 7.15. The van der Waals surface area contributed by atoms with E-state index in [1.807, 2.05) is 13.0 Å². The maximum atomic E-state index is 13.2. The molecule has 2 rings (SSSR count). The van der Waals surface area contributed by atoms with E-state index in [-0.39, 0.29) is 5.82 Å². The van der Waals surface area contributed by atoms with E-state index in [2.05, 4.69) is 12.2 Å². The van der Waals surface area contributed by atoms with Crippen molar-refractivity contribution in [3.8, 4) is 0 Å². The van der Waals surface area contributed by atoms with Gasteiger partial charge in [-0.1, -0.05) is 25.3 Å². The van der Waals surface area contributed by atoms with Crippen LogP contribution in [0.2, 0.25) is 0 Å². The monoisotopic (exact) mass is 249 g/mol. The summed E-state index contributed by atoms with van der Waals surface area (Å²) in [6.07, 6.45) is 6.82. The average Bonchev–Trinajstić information content (AvgIpc) is 2.40. The molecule has 0 amide bonds. The van der Waals surface area contributed by atoms with E-state index in [4.69, 9.17) is 0 Å². The first kappa shape index (κ1) is 13.5. The Morgan fingerprint density at radius 2 is 2.00 bits per heavy atom. The molecule has 0 spiro atoms. The van der Waals surface area contributed by atoms with Crippen LogP contribution in [-0.4, -0.2) is 6.04 Å². The molecule has 2 heteroatoms. The standard InChI is InChI=1S/C16H24FN/c1-12-8-9-16(17)10-15(12)11-18-13(2)14-6-4-3-5-7-14/h8-10,13-14,18H,3-7,11H2,1-2H3/t13-/m1/s1. The van der Waals surface area contributed by atoms with E-state index in [0.29, 0.717) is 6.04 Å². The molecule has 0 aliphatic heterocycles. The molecule has 0 bridgehead atoms. The van der Waals surface area contributed by atoms with E-state index in [9.17, 15) is 4.39 Å². The van der Waals surface area contributed by atoms with Crippen LogP contribution in [0.25, 0.3) is 0 Å². The maximum absolute atomic E-state index is 13.2. The summed E-state index contributed by atoms with van der Waals surface area (Å²) < 4.78 is 13.2. The Labute approximate surface area is 110 Å². The molecule has 1 aromatic rings. The number of halogens is 1. The van der Waals surface area contributed by atoms with Crippen molar-refractivity contribution in [2.75, 3.05) is 0 Å². The lowest BCUT2D eigenvalue weighted by Crippen LogP contribution is -2.34. The van der Waals surface area contributed by atoms with Gasteiger partial charge in [0.05, 0.1) is 0 Å². The van der Waals surface area contributed by atoms with E-state index in [1.54, 1.807) is 6.07 Å². The van der Waals surface area contributed by atoms with E-state index >= 15 is 0 Å². The zero-order chi connectivity index (χ0) is 13.0. The van der Waals surface area contributed by atoms with Gasteiger partial charge in [0.15, 0.2) is 0 Å². The Kier molecular flexibility index (Phi) is 4.76. The molecule has 0 heterocycles. The number of nitrogens with one attached hydrogen (secondary N) is 1. The van der Waals surface area contributed by atoms with Gasteiger partial charge in [0, 0.05) is 12.6 Å². The molecule has 1 atom stereocenters. The van der Waals surface area contributed by atoms with Crippen LogP contribution in [0.1, 0.15) is 50.2 Å². The second-order valence-electron chi connectivity index (χ2n) is 5.64. The quantitative estimate of drug-likeness (QED) is 0.843. The molecule has 0 saturated heterocycles. The van der Waals surface area contributed by atoms with Gasteiger partial charge < -0.3 is 5.32 Å². The van der Waals surface area contributed by atoms with E-state index < -0.39 is 0 Å². The molecular weight excluding hydrogens is 225 g/mol. The lowest BCUT2D eigenvalue weighted by atomic mass is 9.84. The lowest BCUT2D eigenvalue weighted by molar-refractivity contribution is 0.280. The molecule has 1 aliphatic carbocycles. The highest BCUT2D eigenvalue weighted by molar-refractivity contribution is 5.26. The van der Waals surface area contributed by atoms with Gasteiger partial charge in [0.2, 0.25) is 0 Å². The predicted octanol–water partition coefficient (Wildman–Crippen LogP) is 4.19. The predicted molar refractivity (Wildman–Crippen MR) is 74.0 cm³/mol. The fourth-order valence-electron chi connectivity index (χ4n) is 2.90. The third-order valence-electron chi connectivity index (χ3n) is 4.28. The summed E-state index contributed by atoms with van der Waals surface area (Å²) in [7, 11) is 0. The Bertz CT molecular complexity index is 383. The van der Waals surface area contributed by atoms with Crippen molar-refractivity contribution in [3.05, 3.63) is 35.1 Å². The van der Waals surface area contributed by atoms with Crippen LogP contribution < -0.4 is 5.32 Å². The molecule has 1 saturated carbocycles. The summed E-state index contributed by atoms with van der Waals surface area (Å²) in [4.78, 5) is 0. The summed E-state index contributed by atoms with van der Waals surface area (Å²) in [5.74, 6) is 0.662. The summed E-state index contributed by atoms with van der Waals surface area (Å²) in [5.41, 5.74) is 2.25. The average molecular weight is 249 g/mol. The molecule has 100 valence electrons. The number of aryl methyl sites for hydroxylation is 1. The van der Waals surface area contributed by atoms with Crippen molar-refractivity contribution in [1.82, 2.24) is 5.32 Å². The number of hydrogen-bond acceptors (Lipinski definition) is 1. The second-order valence-corrected chi connectivity index (χ2v) is 5.64. The minimum atomic E-state index is -0.136. The van der Waals surface area contributed by atoms with Crippen molar-refractivity contribution in [1.29, 1.82) is 0 Å². The van der Waals surface area contributed by atoms with Crippen LogP contribution in [-0.2, 0) is 6.54 Å². The van der Waals surface area contributed by atoms with Crippen molar-refractivity contribution < 1.29 is 4.39 Å². The summed E-state index contributed by atoms with van der Waals surface area (Å²) in [6, 6.07) is 5.57. The maximum Gasteiger partial charge on any atom is 0.123 e. The highest BCUT2D eigenvalue weighted by Gasteiger charge is 2.19. The Morgan fingerprint density at radius 1 is 1.28 bits per heavy atom. The van der Waals surface area contributed by atoms with Crippen molar-refractivity contribution in [2.24, 2.45) is 5.92 Å². The molecule has 0 radical (unpaired) electrons. The van der Waals surface area contributed by atoms with Gasteiger partial charge >= 0.3 is 0 Å². The minimum absolute atomic E-state index is 0.136. The third kappa shape index (κ3) is 3.55. The molecule has 0 unspecified atom stereocenters. The SMILES string of the molecule is Cc1ccc(F)cc1CN[C@H](C)C1CCCCC1. The summed E-state index contributed by atoms with van der Waals surface area (Å²) in [6.45, 7) is 5.09. The molecule has 0 aromatic heterocycles. The molecule has 1 N–H and O–H groups in total. The van der Waals surface area contributed by atoms with Gasteiger partial charge in [0.25, 0.3) is 0 Å². The second kappa shape index (κ2) is 6.33. The third-order valence-corrected chi connectivity index (χ3v) is 4.28. The normalized spacial score (nSPS) is 18.8. The van der Waals surface area contributed by atoms with E-state index in [1.165, 1.54) is 43.7 Å². The number of hydrogen-bond donors (Lipinski definition) is 1. The summed E-state index contributed by atoms with van der Waals surface area (Å²) >= 11 is 0. The van der Waals surface area contributed by atoms with Gasteiger partial charge in [-0.15, -0.1) is 0 Å².